The van der Waals surface area contributed by atoms with Crippen molar-refractivity contribution in [1.82, 2.24) is 0 Å². The molecule has 0 amide bonds. The molecule has 1 aliphatic carbocycles. The highest BCUT2D eigenvalue weighted by Crippen LogP contribution is 2.25. The standard InChI is InChI=1S/C16H24ClNO2/c1-12-6-8-14(9-7-12)20-11-13(19)10-18-16-5-3-2-4-15(16)17/h2-5,12-14,18-19H,6-11H2,1H3. The van der Waals surface area contributed by atoms with Gasteiger partial charge in [0.1, 0.15) is 0 Å². The third kappa shape index (κ3) is 4.97. The highest BCUT2D eigenvalue weighted by Gasteiger charge is 2.19. The lowest BCUT2D eigenvalue weighted by atomic mass is 9.89. The number of anilines is 1. The van der Waals surface area contributed by atoms with Crippen LogP contribution in [0.2, 0.25) is 5.02 Å². The molecule has 0 aliphatic heterocycles. The van der Waals surface area contributed by atoms with E-state index in [0.29, 0.717) is 24.3 Å². The Bertz CT molecular complexity index is 405. The zero-order valence-electron chi connectivity index (χ0n) is 12.0. The second-order valence-corrected chi connectivity index (χ2v) is 6.14. The minimum absolute atomic E-state index is 0.321. The summed E-state index contributed by atoms with van der Waals surface area (Å²) in [5.74, 6) is 0.821. The van der Waals surface area contributed by atoms with Crippen molar-refractivity contribution in [3.05, 3.63) is 29.3 Å². The van der Waals surface area contributed by atoms with E-state index in [1.165, 1.54) is 12.8 Å². The molecule has 1 fully saturated rings. The maximum atomic E-state index is 9.95. The Morgan fingerprint density at radius 1 is 1.30 bits per heavy atom. The van der Waals surface area contributed by atoms with E-state index >= 15 is 0 Å². The first-order valence-corrected chi connectivity index (χ1v) is 7.81. The predicted molar refractivity (Wildman–Crippen MR) is 83.3 cm³/mol. The van der Waals surface area contributed by atoms with E-state index in [1.807, 2.05) is 24.3 Å². The van der Waals surface area contributed by atoms with Crippen molar-refractivity contribution in [3.8, 4) is 0 Å². The lowest BCUT2D eigenvalue weighted by Gasteiger charge is -2.27. The van der Waals surface area contributed by atoms with Crippen molar-refractivity contribution < 1.29 is 9.84 Å². The molecule has 2 N–H and O–H groups in total. The number of halogens is 1. The first kappa shape index (κ1) is 15.6. The molecular formula is C16H24ClNO2. The number of hydrogen-bond acceptors (Lipinski definition) is 3. The molecule has 1 aromatic carbocycles. The number of aliphatic hydroxyl groups is 1. The maximum absolute atomic E-state index is 9.95. The van der Waals surface area contributed by atoms with Crippen LogP contribution in [-0.2, 0) is 4.74 Å². The Labute approximate surface area is 126 Å². The molecule has 0 radical (unpaired) electrons. The topological polar surface area (TPSA) is 41.5 Å². The number of benzene rings is 1. The van der Waals surface area contributed by atoms with E-state index in [0.717, 1.165) is 24.4 Å². The van der Waals surface area contributed by atoms with Crippen LogP contribution in [0, 0.1) is 5.92 Å². The van der Waals surface area contributed by atoms with E-state index in [2.05, 4.69) is 12.2 Å². The fraction of sp³-hybridized carbons (Fsp3) is 0.625. The van der Waals surface area contributed by atoms with Crippen molar-refractivity contribution in [2.24, 2.45) is 5.92 Å². The quantitative estimate of drug-likeness (QED) is 0.841. The van der Waals surface area contributed by atoms with E-state index < -0.39 is 6.10 Å². The van der Waals surface area contributed by atoms with Gasteiger partial charge in [0.25, 0.3) is 0 Å². The lowest BCUT2D eigenvalue weighted by molar-refractivity contribution is -0.0245. The van der Waals surface area contributed by atoms with Gasteiger partial charge >= 0.3 is 0 Å². The van der Waals surface area contributed by atoms with E-state index in [-0.39, 0.29) is 0 Å². The average Bonchev–Trinajstić information content (AvgIpc) is 2.46. The second-order valence-electron chi connectivity index (χ2n) is 5.73. The highest BCUT2D eigenvalue weighted by atomic mass is 35.5. The number of rotatable bonds is 6. The minimum atomic E-state index is -0.509. The van der Waals surface area contributed by atoms with Crippen LogP contribution in [0.4, 0.5) is 5.69 Å². The summed E-state index contributed by atoms with van der Waals surface area (Å²) in [5.41, 5.74) is 0.847. The van der Waals surface area contributed by atoms with Crippen LogP contribution in [0.25, 0.3) is 0 Å². The molecule has 1 atom stereocenters. The molecule has 1 aromatic rings. The molecule has 1 unspecified atom stereocenters. The van der Waals surface area contributed by atoms with Gasteiger partial charge in [-0.2, -0.15) is 0 Å². The zero-order chi connectivity index (χ0) is 14.4. The number of nitrogens with one attached hydrogen (secondary N) is 1. The normalized spacial score (nSPS) is 24.4. The summed E-state index contributed by atoms with van der Waals surface area (Å²) in [5, 5.41) is 13.8. The van der Waals surface area contributed by atoms with Crippen LogP contribution in [0.15, 0.2) is 24.3 Å². The molecule has 3 nitrogen and oxygen atoms in total. The molecule has 2 rings (SSSR count). The average molecular weight is 298 g/mol. The van der Waals surface area contributed by atoms with Crippen molar-refractivity contribution >= 4 is 17.3 Å². The summed E-state index contributed by atoms with van der Waals surface area (Å²) < 4.78 is 5.79. The largest absolute Gasteiger partial charge is 0.389 e. The smallest absolute Gasteiger partial charge is 0.0945 e. The fourth-order valence-corrected chi connectivity index (χ4v) is 2.74. The van der Waals surface area contributed by atoms with E-state index in [1.54, 1.807) is 0 Å². The minimum Gasteiger partial charge on any atom is -0.389 e. The fourth-order valence-electron chi connectivity index (χ4n) is 2.53. The molecule has 1 saturated carbocycles. The van der Waals surface area contributed by atoms with Crippen LogP contribution in [0.1, 0.15) is 32.6 Å². The van der Waals surface area contributed by atoms with Gasteiger partial charge in [0.15, 0.2) is 0 Å². The van der Waals surface area contributed by atoms with Gasteiger partial charge in [0, 0.05) is 6.54 Å². The van der Waals surface area contributed by atoms with E-state index in [4.69, 9.17) is 16.3 Å². The van der Waals surface area contributed by atoms with Crippen molar-refractivity contribution in [1.29, 1.82) is 0 Å². The Balaban J connectivity index is 1.65. The van der Waals surface area contributed by atoms with Crippen LogP contribution in [-0.4, -0.2) is 30.5 Å². The Hall–Kier alpha value is -0.770. The van der Waals surface area contributed by atoms with Gasteiger partial charge in [-0.25, -0.2) is 0 Å². The molecule has 0 aromatic heterocycles. The molecule has 1 aliphatic rings. The first-order valence-electron chi connectivity index (χ1n) is 7.43. The molecule has 0 spiro atoms. The molecule has 4 heteroatoms. The Kier molecular flexibility index (Phi) is 6.14. The van der Waals surface area contributed by atoms with E-state index in [9.17, 15) is 5.11 Å². The van der Waals surface area contributed by atoms with Gasteiger partial charge in [0.05, 0.1) is 29.5 Å². The van der Waals surface area contributed by atoms with Gasteiger partial charge in [-0.05, 0) is 43.7 Å². The maximum Gasteiger partial charge on any atom is 0.0945 e. The summed E-state index contributed by atoms with van der Waals surface area (Å²) in [6.07, 6.45) is 4.52. The molecule has 112 valence electrons. The summed E-state index contributed by atoms with van der Waals surface area (Å²) in [6, 6.07) is 7.53. The third-order valence-corrected chi connectivity index (χ3v) is 4.22. The highest BCUT2D eigenvalue weighted by molar-refractivity contribution is 6.33. The SMILES string of the molecule is CC1CCC(OCC(O)CNc2ccccc2Cl)CC1. The monoisotopic (exact) mass is 297 g/mol. The van der Waals surface area contributed by atoms with Gasteiger partial charge < -0.3 is 15.2 Å². The van der Waals surface area contributed by atoms with Crippen LogP contribution >= 0.6 is 11.6 Å². The summed E-state index contributed by atoms with van der Waals surface area (Å²) in [7, 11) is 0. The number of aliphatic hydroxyl groups excluding tert-OH is 1. The molecule has 0 bridgehead atoms. The van der Waals surface area contributed by atoms with Gasteiger partial charge in [-0.3, -0.25) is 0 Å². The lowest BCUT2D eigenvalue weighted by Crippen LogP contribution is -2.29. The summed E-state index contributed by atoms with van der Waals surface area (Å²) >= 11 is 6.04. The predicted octanol–water partition coefficient (Wildman–Crippen LogP) is 3.71. The Morgan fingerprint density at radius 2 is 2.00 bits per heavy atom. The summed E-state index contributed by atoms with van der Waals surface area (Å²) in [4.78, 5) is 0. The van der Waals surface area contributed by atoms with Crippen LogP contribution < -0.4 is 5.32 Å². The first-order chi connectivity index (χ1) is 9.65. The van der Waals surface area contributed by atoms with Crippen molar-refractivity contribution in [2.75, 3.05) is 18.5 Å². The van der Waals surface area contributed by atoms with Crippen molar-refractivity contribution in [3.63, 3.8) is 0 Å². The van der Waals surface area contributed by atoms with Gasteiger partial charge in [-0.1, -0.05) is 30.7 Å². The van der Waals surface area contributed by atoms with Gasteiger partial charge in [-0.15, -0.1) is 0 Å². The molecule has 20 heavy (non-hydrogen) atoms. The second kappa shape index (κ2) is 7.87. The van der Waals surface area contributed by atoms with Gasteiger partial charge in [0.2, 0.25) is 0 Å². The van der Waals surface area contributed by atoms with Crippen molar-refractivity contribution in [2.45, 2.75) is 44.8 Å². The molecular weight excluding hydrogens is 274 g/mol. The number of hydrogen-bond donors (Lipinski definition) is 2. The van der Waals surface area contributed by atoms with Crippen LogP contribution in [0.5, 0.6) is 0 Å². The zero-order valence-corrected chi connectivity index (χ0v) is 12.8. The Morgan fingerprint density at radius 3 is 2.70 bits per heavy atom. The number of ether oxygens (including phenoxy) is 1. The molecule has 0 heterocycles. The summed E-state index contributed by atoms with van der Waals surface area (Å²) in [6.45, 7) is 3.13. The number of para-hydroxylation sites is 1. The molecule has 0 saturated heterocycles. The van der Waals surface area contributed by atoms with Crippen LogP contribution in [0.3, 0.4) is 0 Å². The third-order valence-electron chi connectivity index (χ3n) is 3.89.